The number of methoxy groups -OCH3 is 1. The third kappa shape index (κ3) is 6.77. The van der Waals surface area contributed by atoms with E-state index in [4.69, 9.17) is 10.5 Å². The number of hydrogen-bond donors (Lipinski definition) is 5. The summed E-state index contributed by atoms with van der Waals surface area (Å²) in [5.41, 5.74) is 5.22. The molecule has 0 unspecified atom stereocenters. The van der Waals surface area contributed by atoms with Crippen LogP contribution in [0.15, 0.2) is 89.7 Å². The Morgan fingerprint density at radius 2 is 1.33 bits per heavy atom. The second kappa shape index (κ2) is 11.3. The van der Waals surface area contributed by atoms with E-state index in [1.165, 1.54) is 44.4 Å². The van der Waals surface area contributed by atoms with E-state index in [1.54, 1.807) is 0 Å². The van der Waals surface area contributed by atoms with Crippen LogP contribution in [0.25, 0.3) is 10.8 Å². The van der Waals surface area contributed by atoms with Crippen molar-refractivity contribution in [2.75, 3.05) is 12.8 Å². The summed E-state index contributed by atoms with van der Waals surface area (Å²) in [5, 5.41) is 26.6. The minimum Gasteiger partial charge on any atom is -0.505 e. The lowest BCUT2D eigenvalue weighted by atomic mass is 10.1. The molecule has 4 aromatic rings. The van der Waals surface area contributed by atoms with Gasteiger partial charge < -0.3 is 15.6 Å². The first kappa shape index (κ1) is 31.4. The van der Waals surface area contributed by atoms with Gasteiger partial charge in [-0.05, 0) is 66.4 Å². The third-order valence-electron chi connectivity index (χ3n) is 5.88. The van der Waals surface area contributed by atoms with Gasteiger partial charge in [-0.3, -0.25) is 13.7 Å². The third-order valence-corrected chi connectivity index (χ3v) is 8.50. The van der Waals surface area contributed by atoms with Gasteiger partial charge >= 0.3 is 0 Å². The van der Waals surface area contributed by atoms with Gasteiger partial charge in [0.05, 0.1) is 17.7 Å². The van der Waals surface area contributed by atoms with Crippen molar-refractivity contribution in [1.29, 1.82) is 0 Å². The standard InChI is InChI=1S/C24H21N5O11S3/c1-12-7-18(27-29-23-22(43(37,38)39)9-13-8-14(25)3-5-16(13)24(23)30)20(40-2)11-17(12)26-28-19-10-15(41(31,32)33)4-6-21(19)42(34,35)36/h3-11,30H,25H2,1-2H3,(H,31,32,33)(H,34,35,36)(H,37,38,39). The van der Waals surface area contributed by atoms with E-state index >= 15 is 0 Å². The molecule has 226 valence electrons. The molecule has 0 aliphatic heterocycles. The Hall–Kier alpha value is -4.53. The molecule has 0 heterocycles. The Bertz CT molecular complexity index is 2180. The fourth-order valence-corrected chi connectivity index (χ4v) is 5.60. The largest absolute Gasteiger partial charge is 0.505 e. The van der Waals surface area contributed by atoms with Crippen molar-refractivity contribution in [1.82, 2.24) is 0 Å². The molecule has 0 spiro atoms. The monoisotopic (exact) mass is 651 g/mol. The average Bonchev–Trinajstić information content (AvgIpc) is 2.90. The fraction of sp³-hybridized carbons (Fsp3) is 0.0833. The van der Waals surface area contributed by atoms with Crippen LogP contribution in [0.3, 0.4) is 0 Å². The number of nitrogens with two attached hydrogens (primary N) is 1. The Balaban J connectivity index is 1.81. The number of phenols is 1. The summed E-state index contributed by atoms with van der Waals surface area (Å²) in [6, 6.07) is 10.2. The molecule has 0 bridgehead atoms. The maximum absolute atomic E-state index is 12.1. The van der Waals surface area contributed by atoms with Crippen LogP contribution in [0, 0.1) is 6.92 Å². The summed E-state index contributed by atoms with van der Waals surface area (Å²) in [5.74, 6) is -0.608. The Labute approximate surface area is 244 Å². The lowest BCUT2D eigenvalue weighted by molar-refractivity contribution is 0.416. The van der Waals surface area contributed by atoms with Crippen LogP contribution in [0.2, 0.25) is 0 Å². The van der Waals surface area contributed by atoms with Crippen LogP contribution in [-0.2, 0) is 30.4 Å². The Morgan fingerprint density at radius 1 is 0.698 bits per heavy atom. The fourth-order valence-electron chi connectivity index (χ4n) is 3.84. The maximum Gasteiger partial charge on any atom is 0.296 e. The van der Waals surface area contributed by atoms with Gasteiger partial charge in [0.15, 0.2) is 5.75 Å². The van der Waals surface area contributed by atoms with Crippen molar-refractivity contribution in [2.45, 2.75) is 21.6 Å². The molecule has 19 heteroatoms. The number of aryl methyl sites for hydroxylation is 1. The number of ether oxygens (including phenoxy) is 1. The smallest absolute Gasteiger partial charge is 0.296 e. The zero-order valence-electron chi connectivity index (χ0n) is 21.9. The van der Waals surface area contributed by atoms with Gasteiger partial charge in [-0.2, -0.15) is 30.4 Å². The lowest BCUT2D eigenvalue weighted by Crippen LogP contribution is -2.02. The van der Waals surface area contributed by atoms with Crippen molar-refractivity contribution in [2.24, 2.45) is 20.5 Å². The first-order valence-electron chi connectivity index (χ1n) is 11.5. The molecule has 0 amide bonds. The van der Waals surface area contributed by atoms with Crippen molar-refractivity contribution < 1.29 is 48.8 Å². The predicted octanol–water partition coefficient (Wildman–Crippen LogP) is 5.02. The maximum atomic E-state index is 12.1. The van der Waals surface area contributed by atoms with E-state index in [-0.39, 0.29) is 33.6 Å². The summed E-state index contributed by atoms with van der Waals surface area (Å²) in [4.78, 5) is -2.23. The molecule has 4 aromatic carbocycles. The van der Waals surface area contributed by atoms with Crippen LogP contribution in [-0.4, -0.2) is 51.1 Å². The zero-order valence-corrected chi connectivity index (χ0v) is 24.4. The van der Waals surface area contributed by atoms with Gasteiger partial charge in [0.2, 0.25) is 0 Å². The van der Waals surface area contributed by atoms with Crippen LogP contribution in [0.5, 0.6) is 11.5 Å². The number of phenolic OH excluding ortho intramolecular Hbond substituents is 1. The Kier molecular flexibility index (Phi) is 8.24. The van der Waals surface area contributed by atoms with Crippen molar-refractivity contribution in [3.05, 3.63) is 60.2 Å². The number of fused-ring (bicyclic) bond motifs is 1. The van der Waals surface area contributed by atoms with Crippen molar-refractivity contribution >= 4 is 69.6 Å². The quantitative estimate of drug-likeness (QED) is 0.0955. The molecular formula is C24H21N5O11S3. The highest BCUT2D eigenvalue weighted by Gasteiger charge is 2.23. The number of nitrogen functional groups attached to an aromatic ring is 1. The highest BCUT2D eigenvalue weighted by atomic mass is 32.2. The van der Waals surface area contributed by atoms with Crippen LogP contribution in [0.1, 0.15) is 5.56 Å². The molecular weight excluding hydrogens is 630 g/mol. The number of rotatable bonds is 8. The van der Waals surface area contributed by atoms with Crippen molar-refractivity contribution in [3.63, 3.8) is 0 Å². The second-order valence-electron chi connectivity index (χ2n) is 8.82. The minimum atomic E-state index is -4.88. The second-order valence-corrected chi connectivity index (χ2v) is 13.0. The molecule has 16 nitrogen and oxygen atoms in total. The summed E-state index contributed by atoms with van der Waals surface area (Å²) in [6.07, 6.45) is 0. The van der Waals surface area contributed by atoms with Crippen LogP contribution in [0.4, 0.5) is 28.4 Å². The van der Waals surface area contributed by atoms with Gasteiger partial charge in [0, 0.05) is 17.1 Å². The normalized spacial score (nSPS) is 12.9. The molecule has 0 atom stereocenters. The number of aromatic hydroxyl groups is 1. The van der Waals surface area contributed by atoms with Crippen LogP contribution >= 0.6 is 0 Å². The molecule has 0 saturated heterocycles. The van der Waals surface area contributed by atoms with E-state index in [2.05, 4.69) is 20.5 Å². The predicted molar refractivity (Wildman–Crippen MR) is 152 cm³/mol. The lowest BCUT2D eigenvalue weighted by Gasteiger charge is -2.10. The minimum absolute atomic E-state index is 0.00374. The van der Waals surface area contributed by atoms with E-state index in [1.807, 2.05) is 0 Å². The summed E-state index contributed by atoms with van der Waals surface area (Å²) >= 11 is 0. The number of benzene rings is 4. The number of anilines is 1. The zero-order chi connectivity index (χ0) is 31.9. The summed E-state index contributed by atoms with van der Waals surface area (Å²) in [6.45, 7) is 1.52. The summed E-state index contributed by atoms with van der Waals surface area (Å²) in [7, 11) is -13.3. The molecule has 0 aliphatic carbocycles. The highest BCUT2D eigenvalue weighted by Crippen LogP contribution is 2.43. The van der Waals surface area contributed by atoms with E-state index in [0.717, 1.165) is 18.2 Å². The van der Waals surface area contributed by atoms with Gasteiger partial charge in [0.1, 0.15) is 32.6 Å². The number of hydrogen-bond acceptors (Lipinski definition) is 13. The molecule has 0 aliphatic rings. The van der Waals surface area contributed by atoms with Crippen LogP contribution < -0.4 is 10.5 Å². The molecule has 0 aromatic heterocycles. The van der Waals surface area contributed by atoms with E-state index < -0.39 is 62.2 Å². The van der Waals surface area contributed by atoms with Gasteiger partial charge in [0.25, 0.3) is 30.4 Å². The first-order valence-corrected chi connectivity index (χ1v) is 15.9. The highest BCUT2D eigenvalue weighted by molar-refractivity contribution is 7.86. The van der Waals surface area contributed by atoms with Gasteiger partial charge in [-0.25, -0.2) is 0 Å². The summed E-state index contributed by atoms with van der Waals surface area (Å²) < 4.78 is 104. The van der Waals surface area contributed by atoms with Crippen molar-refractivity contribution in [3.8, 4) is 11.5 Å². The molecule has 43 heavy (non-hydrogen) atoms. The molecule has 6 N–H and O–H groups in total. The number of azo groups is 2. The first-order chi connectivity index (χ1) is 19.9. The Morgan fingerprint density at radius 3 is 1.93 bits per heavy atom. The topological polar surface area (TPSA) is 268 Å². The van der Waals surface area contributed by atoms with Gasteiger partial charge in [-0.1, -0.05) is 0 Å². The number of nitrogens with zero attached hydrogens (tertiary/aromatic N) is 4. The average molecular weight is 652 g/mol. The molecule has 4 rings (SSSR count). The molecule has 0 fully saturated rings. The molecule has 0 radical (unpaired) electrons. The molecule has 0 saturated carbocycles. The van der Waals surface area contributed by atoms with E-state index in [9.17, 15) is 44.0 Å². The SMILES string of the molecule is COc1cc(N=Nc2cc(S(=O)(=O)O)ccc2S(=O)(=O)O)c(C)cc1N=Nc1c(S(=O)(=O)O)cc2cc(N)ccc2c1O. The van der Waals surface area contributed by atoms with E-state index in [0.29, 0.717) is 11.6 Å². The van der Waals surface area contributed by atoms with Gasteiger partial charge in [-0.15, -0.1) is 15.3 Å².